The lowest BCUT2D eigenvalue weighted by Crippen LogP contribution is -2.28. The first-order valence-corrected chi connectivity index (χ1v) is 5.77. The van der Waals surface area contributed by atoms with Crippen molar-refractivity contribution in [2.24, 2.45) is 0 Å². The van der Waals surface area contributed by atoms with Gasteiger partial charge in [-0.15, -0.1) is 0 Å². The number of ether oxygens (including phenoxy) is 4. The Hall–Kier alpha value is -1.79. The average Bonchev–Trinajstić information content (AvgIpc) is 2.81. The topological polar surface area (TPSA) is 74.2 Å². The molecule has 104 valence electrons. The van der Waals surface area contributed by atoms with Crippen molar-refractivity contribution in [2.45, 2.75) is 19.1 Å². The lowest BCUT2D eigenvalue weighted by molar-refractivity contribution is -0.143. The number of phenols is 1. The van der Waals surface area contributed by atoms with Crippen LogP contribution in [0.2, 0.25) is 0 Å². The van der Waals surface area contributed by atoms with E-state index in [1.54, 1.807) is 6.07 Å². The highest BCUT2D eigenvalue weighted by Crippen LogP contribution is 2.41. The number of Topliss-reactive ketones (excluding diaryl/α,β-unsaturated/α-hetero) is 1. The van der Waals surface area contributed by atoms with Gasteiger partial charge in [0.15, 0.2) is 17.8 Å². The highest BCUT2D eigenvalue weighted by atomic mass is 16.7. The summed E-state index contributed by atoms with van der Waals surface area (Å²) in [5.74, 6) is -0.0177. The molecule has 1 atom stereocenters. The van der Waals surface area contributed by atoms with E-state index in [9.17, 15) is 9.90 Å². The van der Waals surface area contributed by atoms with Crippen LogP contribution in [0.5, 0.6) is 17.2 Å². The van der Waals surface area contributed by atoms with Crippen LogP contribution < -0.4 is 9.47 Å². The normalized spacial score (nSPS) is 14.7. The first kappa shape index (κ1) is 13.6. The maximum atomic E-state index is 11.8. The van der Waals surface area contributed by atoms with E-state index in [-0.39, 0.29) is 18.3 Å². The monoisotopic (exact) mass is 268 g/mol. The Bertz CT molecular complexity index is 480. The standard InChI is InChI=1S/C13H16O6/c1-7(14)12(13(16-2)17-3)8-4-10-11(5-9(8)15)19-6-18-10/h4-5,12-13,15H,6H2,1-3H3. The van der Waals surface area contributed by atoms with Crippen molar-refractivity contribution in [2.75, 3.05) is 21.0 Å². The number of hydrogen-bond donors (Lipinski definition) is 1. The molecule has 0 saturated heterocycles. The Balaban J connectivity index is 2.45. The molecule has 0 fully saturated rings. The van der Waals surface area contributed by atoms with Gasteiger partial charge in [-0.3, -0.25) is 4.79 Å². The molecule has 0 bridgehead atoms. The lowest BCUT2D eigenvalue weighted by Gasteiger charge is -2.23. The SMILES string of the molecule is COC(OC)C(C(C)=O)c1cc2c(cc1O)OCO2. The van der Waals surface area contributed by atoms with Crippen molar-refractivity contribution >= 4 is 5.78 Å². The van der Waals surface area contributed by atoms with Gasteiger partial charge in [-0.05, 0) is 13.0 Å². The van der Waals surface area contributed by atoms with E-state index in [4.69, 9.17) is 18.9 Å². The number of fused-ring (bicyclic) bond motifs is 1. The van der Waals surface area contributed by atoms with Crippen LogP contribution in [-0.4, -0.2) is 38.2 Å². The van der Waals surface area contributed by atoms with Crippen LogP contribution in [-0.2, 0) is 14.3 Å². The molecule has 0 amide bonds. The molecule has 1 heterocycles. The Morgan fingerprint density at radius 1 is 1.26 bits per heavy atom. The van der Waals surface area contributed by atoms with E-state index >= 15 is 0 Å². The van der Waals surface area contributed by atoms with Crippen LogP contribution in [0, 0.1) is 0 Å². The Morgan fingerprint density at radius 2 is 1.84 bits per heavy atom. The van der Waals surface area contributed by atoms with E-state index in [2.05, 4.69) is 0 Å². The molecular weight excluding hydrogens is 252 g/mol. The molecule has 1 aliphatic rings. The van der Waals surface area contributed by atoms with Crippen LogP contribution in [0.4, 0.5) is 0 Å². The molecule has 0 spiro atoms. The van der Waals surface area contributed by atoms with Crippen molar-refractivity contribution in [3.8, 4) is 17.2 Å². The van der Waals surface area contributed by atoms with E-state index in [1.165, 1.54) is 27.2 Å². The van der Waals surface area contributed by atoms with Gasteiger partial charge in [0, 0.05) is 25.8 Å². The maximum absolute atomic E-state index is 11.8. The molecule has 1 aromatic rings. The fourth-order valence-corrected chi connectivity index (χ4v) is 2.12. The number of carbonyl (C=O) groups is 1. The van der Waals surface area contributed by atoms with Crippen LogP contribution >= 0.6 is 0 Å². The van der Waals surface area contributed by atoms with Crippen molar-refractivity contribution in [3.63, 3.8) is 0 Å². The van der Waals surface area contributed by atoms with E-state index in [1.807, 2.05) is 0 Å². The zero-order valence-corrected chi connectivity index (χ0v) is 11.0. The second kappa shape index (κ2) is 5.46. The van der Waals surface area contributed by atoms with Gasteiger partial charge < -0.3 is 24.1 Å². The summed E-state index contributed by atoms with van der Waals surface area (Å²) in [6.07, 6.45) is -0.774. The molecule has 1 aliphatic heterocycles. The summed E-state index contributed by atoms with van der Waals surface area (Å²) in [6.45, 7) is 1.51. The minimum Gasteiger partial charge on any atom is -0.507 e. The Labute approximate surface area is 110 Å². The molecule has 0 radical (unpaired) electrons. The minimum atomic E-state index is -0.774. The summed E-state index contributed by atoms with van der Waals surface area (Å²) in [5, 5.41) is 10.0. The summed E-state index contributed by atoms with van der Waals surface area (Å²) in [4.78, 5) is 11.8. The number of phenolic OH excluding ortho intramolecular Hbond substituents is 1. The predicted molar refractivity (Wildman–Crippen MR) is 65.5 cm³/mol. The Morgan fingerprint density at radius 3 is 2.37 bits per heavy atom. The van der Waals surface area contributed by atoms with Crippen molar-refractivity contribution in [1.29, 1.82) is 0 Å². The third-order valence-electron chi connectivity index (χ3n) is 3.03. The van der Waals surface area contributed by atoms with E-state index in [0.717, 1.165) is 0 Å². The van der Waals surface area contributed by atoms with Crippen molar-refractivity contribution in [3.05, 3.63) is 17.7 Å². The zero-order chi connectivity index (χ0) is 14.0. The van der Waals surface area contributed by atoms with Gasteiger partial charge in [0.05, 0.1) is 5.92 Å². The molecule has 6 heteroatoms. The van der Waals surface area contributed by atoms with Gasteiger partial charge in [-0.2, -0.15) is 0 Å². The summed E-state index contributed by atoms with van der Waals surface area (Å²) >= 11 is 0. The minimum absolute atomic E-state index is 0.0523. The number of benzene rings is 1. The largest absolute Gasteiger partial charge is 0.507 e. The average molecular weight is 268 g/mol. The van der Waals surface area contributed by atoms with Gasteiger partial charge in [0.1, 0.15) is 11.5 Å². The predicted octanol–water partition coefficient (Wildman–Crippen LogP) is 1.41. The van der Waals surface area contributed by atoms with Crippen LogP contribution in [0.1, 0.15) is 18.4 Å². The Kier molecular flexibility index (Phi) is 3.92. The van der Waals surface area contributed by atoms with Gasteiger partial charge >= 0.3 is 0 Å². The number of rotatable bonds is 5. The molecule has 19 heavy (non-hydrogen) atoms. The maximum Gasteiger partial charge on any atom is 0.231 e. The molecule has 0 aliphatic carbocycles. The van der Waals surface area contributed by atoms with Gasteiger partial charge in [0.25, 0.3) is 0 Å². The van der Waals surface area contributed by atoms with Crippen molar-refractivity contribution in [1.82, 2.24) is 0 Å². The first-order valence-electron chi connectivity index (χ1n) is 5.77. The number of methoxy groups -OCH3 is 2. The van der Waals surface area contributed by atoms with Crippen LogP contribution in [0.15, 0.2) is 12.1 Å². The van der Waals surface area contributed by atoms with E-state index < -0.39 is 12.2 Å². The lowest BCUT2D eigenvalue weighted by atomic mass is 9.93. The van der Waals surface area contributed by atoms with Gasteiger partial charge in [0.2, 0.25) is 6.79 Å². The summed E-state index contributed by atoms with van der Waals surface area (Å²) < 4.78 is 20.7. The van der Waals surface area contributed by atoms with Crippen molar-refractivity contribution < 1.29 is 28.8 Å². The second-order valence-corrected chi connectivity index (χ2v) is 4.19. The zero-order valence-electron chi connectivity index (χ0n) is 11.0. The van der Waals surface area contributed by atoms with Gasteiger partial charge in [-0.1, -0.05) is 0 Å². The highest BCUT2D eigenvalue weighted by molar-refractivity contribution is 5.85. The van der Waals surface area contributed by atoms with Crippen LogP contribution in [0.25, 0.3) is 0 Å². The fourth-order valence-electron chi connectivity index (χ4n) is 2.12. The molecule has 0 saturated carbocycles. The number of aromatic hydroxyl groups is 1. The molecule has 1 unspecified atom stereocenters. The second-order valence-electron chi connectivity index (χ2n) is 4.19. The third-order valence-corrected chi connectivity index (χ3v) is 3.03. The number of hydrogen-bond acceptors (Lipinski definition) is 6. The van der Waals surface area contributed by atoms with E-state index in [0.29, 0.717) is 17.1 Å². The molecule has 0 aromatic heterocycles. The summed E-state index contributed by atoms with van der Waals surface area (Å²) in [6, 6.07) is 3.00. The molecular formula is C13H16O6. The first-order chi connectivity index (χ1) is 9.08. The molecule has 1 N–H and O–H groups in total. The molecule has 6 nitrogen and oxygen atoms in total. The van der Waals surface area contributed by atoms with Gasteiger partial charge in [-0.25, -0.2) is 0 Å². The highest BCUT2D eigenvalue weighted by Gasteiger charge is 2.31. The summed E-state index contributed by atoms with van der Waals surface area (Å²) in [5.41, 5.74) is 0.394. The summed E-state index contributed by atoms with van der Waals surface area (Å²) in [7, 11) is 2.88. The molecule has 2 rings (SSSR count). The number of ketones is 1. The smallest absolute Gasteiger partial charge is 0.231 e. The third kappa shape index (κ3) is 2.50. The molecule has 1 aromatic carbocycles. The quantitative estimate of drug-likeness (QED) is 0.814. The fraction of sp³-hybridized carbons (Fsp3) is 0.462. The van der Waals surface area contributed by atoms with Crippen LogP contribution in [0.3, 0.4) is 0 Å². The number of carbonyl (C=O) groups excluding carboxylic acids is 1.